The van der Waals surface area contributed by atoms with Crippen LogP contribution in [0.15, 0.2) is 24.3 Å². The van der Waals surface area contributed by atoms with Crippen LogP contribution in [-0.4, -0.2) is 6.04 Å². The average Bonchev–Trinajstić information content (AvgIpc) is 2.52. The Kier molecular flexibility index (Phi) is 3.81. The van der Waals surface area contributed by atoms with Crippen molar-refractivity contribution < 1.29 is 0 Å². The molecule has 0 heterocycles. The van der Waals surface area contributed by atoms with Crippen LogP contribution in [0.4, 0.5) is 0 Å². The van der Waals surface area contributed by atoms with E-state index in [0.717, 1.165) is 5.56 Å². The van der Waals surface area contributed by atoms with E-state index in [4.69, 9.17) is 5.26 Å². The van der Waals surface area contributed by atoms with Crippen LogP contribution in [0, 0.1) is 16.7 Å². The fraction of sp³-hybridized carbons (Fsp3) is 0.611. The standard InChI is InChI=1S/C18H24N2/c1-14(16-7-5-15(13-19)6-8-16)20-17-9-12-18(17)10-3-2-4-11-18/h5-8,14,17,20H,2-4,9-12H2,1H3. The minimum Gasteiger partial charge on any atom is -0.307 e. The molecule has 0 bridgehead atoms. The lowest BCUT2D eigenvalue weighted by molar-refractivity contribution is 0.0174. The van der Waals surface area contributed by atoms with Crippen molar-refractivity contribution in [3.63, 3.8) is 0 Å². The Balaban J connectivity index is 1.63. The molecule has 2 aliphatic carbocycles. The summed E-state index contributed by atoms with van der Waals surface area (Å²) < 4.78 is 0. The summed E-state index contributed by atoms with van der Waals surface area (Å²) in [5.74, 6) is 0. The Morgan fingerprint density at radius 3 is 2.40 bits per heavy atom. The van der Waals surface area contributed by atoms with Crippen LogP contribution < -0.4 is 5.32 Å². The van der Waals surface area contributed by atoms with Crippen molar-refractivity contribution in [2.75, 3.05) is 0 Å². The maximum Gasteiger partial charge on any atom is 0.0991 e. The fourth-order valence-electron chi connectivity index (χ4n) is 4.06. The van der Waals surface area contributed by atoms with Gasteiger partial charge in [-0.1, -0.05) is 31.4 Å². The topological polar surface area (TPSA) is 35.8 Å². The maximum absolute atomic E-state index is 8.86. The van der Waals surface area contributed by atoms with Gasteiger partial charge in [0.25, 0.3) is 0 Å². The highest BCUT2D eigenvalue weighted by Crippen LogP contribution is 2.52. The predicted octanol–water partition coefficient (Wildman–Crippen LogP) is 4.32. The summed E-state index contributed by atoms with van der Waals surface area (Å²) in [5.41, 5.74) is 2.65. The molecule has 0 saturated heterocycles. The first-order chi connectivity index (χ1) is 9.73. The van der Waals surface area contributed by atoms with Gasteiger partial charge in [-0.2, -0.15) is 5.26 Å². The molecule has 1 spiro atoms. The van der Waals surface area contributed by atoms with E-state index in [9.17, 15) is 0 Å². The molecule has 2 unspecified atom stereocenters. The SMILES string of the molecule is CC(NC1CCC12CCCCC2)c1ccc(C#N)cc1. The van der Waals surface area contributed by atoms with E-state index in [2.05, 4.69) is 30.4 Å². The normalized spacial score (nSPS) is 25.7. The molecule has 1 aromatic rings. The predicted molar refractivity (Wildman–Crippen MR) is 81.2 cm³/mol. The number of nitrogens with zero attached hydrogens (tertiary/aromatic N) is 1. The van der Waals surface area contributed by atoms with Crippen LogP contribution >= 0.6 is 0 Å². The minimum absolute atomic E-state index is 0.381. The molecule has 0 aromatic heterocycles. The molecule has 1 N–H and O–H groups in total. The summed E-state index contributed by atoms with van der Waals surface area (Å²) >= 11 is 0. The van der Waals surface area contributed by atoms with E-state index in [1.54, 1.807) is 0 Å². The summed E-state index contributed by atoms with van der Waals surface area (Å²) in [4.78, 5) is 0. The molecule has 1 aromatic carbocycles. The van der Waals surface area contributed by atoms with Crippen LogP contribution in [0.2, 0.25) is 0 Å². The molecular formula is C18H24N2. The Labute approximate surface area is 122 Å². The molecule has 2 saturated carbocycles. The minimum atomic E-state index is 0.381. The van der Waals surface area contributed by atoms with Crippen molar-refractivity contribution in [2.45, 2.75) is 64.0 Å². The largest absolute Gasteiger partial charge is 0.307 e. The summed E-state index contributed by atoms with van der Waals surface area (Å²) in [7, 11) is 0. The molecule has 2 fully saturated rings. The molecule has 106 valence electrons. The van der Waals surface area contributed by atoms with Gasteiger partial charge in [0, 0.05) is 12.1 Å². The van der Waals surface area contributed by atoms with Crippen LogP contribution in [0.1, 0.15) is 69.0 Å². The van der Waals surface area contributed by atoms with E-state index in [1.807, 2.05) is 12.1 Å². The van der Waals surface area contributed by atoms with Gasteiger partial charge >= 0.3 is 0 Å². The highest BCUT2D eigenvalue weighted by Gasteiger charge is 2.46. The number of rotatable bonds is 3. The quantitative estimate of drug-likeness (QED) is 0.886. The third-order valence-electron chi connectivity index (χ3n) is 5.51. The molecule has 0 amide bonds. The molecule has 3 rings (SSSR count). The first kappa shape index (κ1) is 13.6. The van der Waals surface area contributed by atoms with Crippen LogP contribution in [0.5, 0.6) is 0 Å². The molecule has 2 atom stereocenters. The fourth-order valence-corrected chi connectivity index (χ4v) is 4.06. The smallest absolute Gasteiger partial charge is 0.0991 e. The molecule has 2 nitrogen and oxygen atoms in total. The lowest BCUT2D eigenvalue weighted by Gasteiger charge is -2.53. The van der Waals surface area contributed by atoms with E-state index in [1.165, 1.54) is 50.5 Å². The van der Waals surface area contributed by atoms with Crippen molar-refractivity contribution in [2.24, 2.45) is 5.41 Å². The van der Waals surface area contributed by atoms with Gasteiger partial charge in [0.15, 0.2) is 0 Å². The first-order valence-electron chi connectivity index (χ1n) is 8.00. The number of nitrogens with one attached hydrogen (secondary N) is 1. The van der Waals surface area contributed by atoms with Crippen LogP contribution in [0.25, 0.3) is 0 Å². The van der Waals surface area contributed by atoms with Gasteiger partial charge in [0.05, 0.1) is 11.6 Å². The Morgan fingerprint density at radius 1 is 1.15 bits per heavy atom. The van der Waals surface area contributed by atoms with Gasteiger partial charge in [-0.25, -0.2) is 0 Å². The summed E-state index contributed by atoms with van der Waals surface area (Å²) in [6.07, 6.45) is 9.87. The monoisotopic (exact) mass is 268 g/mol. The lowest BCUT2D eigenvalue weighted by atomic mass is 9.57. The summed E-state index contributed by atoms with van der Waals surface area (Å²) in [6.45, 7) is 2.25. The van der Waals surface area contributed by atoms with Crippen molar-refractivity contribution in [3.8, 4) is 6.07 Å². The average molecular weight is 268 g/mol. The molecule has 0 radical (unpaired) electrons. The summed E-state index contributed by atoms with van der Waals surface area (Å²) in [6, 6.07) is 11.3. The van der Waals surface area contributed by atoms with E-state index in [0.29, 0.717) is 17.5 Å². The van der Waals surface area contributed by atoms with Gasteiger partial charge in [-0.05, 0) is 55.7 Å². The number of hydrogen-bond donors (Lipinski definition) is 1. The van der Waals surface area contributed by atoms with Crippen LogP contribution in [0.3, 0.4) is 0 Å². The zero-order valence-corrected chi connectivity index (χ0v) is 12.4. The van der Waals surface area contributed by atoms with Gasteiger partial charge in [-0.3, -0.25) is 0 Å². The molecule has 20 heavy (non-hydrogen) atoms. The van der Waals surface area contributed by atoms with Gasteiger partial charge in [0.2, 0.25) is 0 Å². The third kappa shape index (κ3) is 2.47. The van der Waals surface area contributed by atoms with E-state index < -0.39 is 0 Å². The zero-order valence-electron chi connectivity index (χ0n) is 12.4. The van der Waals surface area contributed by atoms with Crippen molar-refractivity contribution >= 4 is 0 Å². The third-order valence-corrected chi connectivity index (χ3v) is 5.51. The zero-order chi connectivity index (χ0) is 14.0. The maximum atomic E-state index is 8.86. The number of benzene rings is 1. The molecular weight excluding hydrogens is 244 g/mol. The Hall–Kier alpha value is -1.33. The van der Waals surface area contributed by atoms with E-state index >= 15 is 0 Å². The van der Waals surface area contributed by atoms with Crippen molar-refractivity contribution in [1.29, 1.82) is 5.26 Å². The van der Waals surface area contributed by atoms with E-state index in [-0.39, 0.29) is 0 Å². The Morgan fingerprint density at radius 2 is 1.85 bits per heavy atom. The molecule has 2 aliphatic rings. The van der Waals surface area contributed by atoms with Gasteiger partial charge in [-0.15, -0.1) is 0 Å². The second-order valence-electron chi connectivity index (χ2n) is 6.64. The van der Waals surface area contributed by atoms with Gasteiger partial charge < -0.3 is 5.32 Å². The molecule has 0 aliphatic heterocycles. The number of nitriles is 1. The van der Waals surface area contributed by atoms with Crippen molar-refractivity contribution in [3.05, 3.63) is 35.4 Å². The number of hydrogen-bond acceptors (Lipinski definition) is 2. The highest BCUT2D eigenvalue weighted by atomic mass is 15.0. The first-order valence-corrected chi connectivity index (χ1v) is 8.00. The second-order valence-corrected chi connectivity index (χ2v) is 6.64. The second kappa shape index (κ2) is 5.58. The highest BCUT2D eigenvalue weighted by molar-refractivity contribution is 5.32. The lowest BCUT2D eigenvalue weighted by Crippen LogP contribution is -2.54. The summed E-state index contributed by atoms with van der Waals surface area (Å²) in [5, 5.41) is 12.7. The van der Waals surface area contributed by atoms with Crippen LogP contribution in [-0.2, 0) is 0 Å². The van der Waals surface area contributed by atoms with Crippen molar-refractivity contribution in [1.82, 2.24) is 5.32 Å². The van der Waals surface area contributed by atoms with Gasteiger partial charge in [0.1, 0.15) is 0 Å². The Bertz CT molecular complexity index is 491. The molecule has 2 heteroatoms.